The van der Waals surface area contributed by atoms with Crippen molar-refractivity contribution in [1.29, 1.82) is 0 Å². The lowest BCUT2D eigenvalue weighted by Crippen LogP contribution is -2.40. The average Bonchev–Trinajstić information content (AvgIpc) is 2.52. The minimum atomic E-state index is 0.100. The first kappa shape index (κ1) is 15.8. The highest BCUT2D eigenvalue weighted by Crippen LogP contribution is 2.21. The quantitative estimate of drug-likeness (QED) is 0.853. The Labute approximate surface area is 116 Å². The van der Waals surface area contributed by atoms with E-state index in [9.17, 15) is 4.79 Å². The van der Waals surface area contributed by atoms with Crippen LogP contribution in [-0.4, -0.2) is 47.5 Å². The summed E-state index contributed by atoms with van der Waals surface area (Å²) in [7, 11) is 0. The molecule has 18 heavy (non-hydrogen) atoms. The van der Waals surface area contributed by atoms with Gasteiger partial charge in [-0.25, -0.2) is 0 Å². The van der Waals surface area contributed by atoms with Gasteiger partial charge in [0.15, 0.2) is 0 Å². The molecule has 1 saturated heterocycles. The van der Waals surface area contributed by atoms with Crippen LogP contribution < -0.4 is 5.32 Å². The van der Waals surface area contributed by atoms with Crippen LogP contribution in [0.4, 0.5) is 0 Å². The van der Waals surface area contributed by atoms with Crippen molar-refractivity contribution >= 4 is 17.7 Å². The molecule has 1 aliphatic rings. The van der Waals surface area contributed by atoms with Crippen molar-refractivity contribution in [3.63, 3.8) is 0 Å². The van der Waals surface area contributed by atoms with Gasteiger partial charge in [-0.1, -0.05) is 0 Å². The largest absolute Gasteiger partial charge is 0.343 e. The van der Waals surface area contributed by atoms with Gasteiger partial charge in [-0.15, -0.1) is 0 Å². The Morgan fingerprint density at radius 1 is 1.33 bits per heavy atom. The maximum Gasteiger partial charge on any atom is 0.223 e. The van der Waals surface area contributed by atoms with Crippen molar-refractivity contribution in [3.05, 3.63) is 0 Å². The van der Waals surface area contributed by atoms with E-state index in [0.717, 1.165) is 37.7 Å². The van der Waals surface area contributed by atoms with E-state index in [1.165, 1.54) is 6.42 Å². The minimum Gasteiger partial charge on any atom is -0.343 e. The van der Waals surface area contributed by atoms with Crippen molar-refractivity contribution in [2.24, 2.45) is 0 Å². The fraction of sp³-hybridized carbons (Fsp3) is 0.929. The van der Waals surface area contributed by atoms with Gasteiger partial charge in [0.2, 0.25) is 5.91 Å². The fourth-order valence-electron chi connectivity index (χ4n) is 2.25. The first-order valence-electron chi connectivity index (χ1n) is 6.98. The number of hydrogen-bond acceptors (Lipinski definition) is 3. The number of nitrogens with zero attached hydrogens (tertiary/aromatic N) is 1. The molecule has 1 unspecified atom stereocenters. The van der Waals surface area contributed by atoms with Crippen molar-refractivity contribution in [2.75, 3.05) is 25.9 Å². The van der Waals surface area contributed by atoms with E-state index >= 15 is 0 Å². The summed E-state index contributed by atoms with van der Waals surface area (Å²) >= 11 is 1.94. The molecule has 0 spiro atoms. The van der Waals surface area contributed by atoms with E-state index in [2.05, 4.69) is 37.2 Å². The Morgan fingerprint density at radius 3 is 2.67 bits per heavy atom. The van der Waals surface area contributed by atoms with Crippen molar-refractivity contribution in [2.45, 2.75) is 57.2 Å². The highest BCUT2D eigenvalue weighted by molar-refractivity contribution is 7.99. The van der Waals surface area contributed by atoms with Crippen LogP contribution in [-0.2, 0) is 4.79 Å². The van der Waals surface area contributed by atoms with Crippen LogP contribution in [0.2, 0.25) is 0 Å². The highest BCUT2D eigenvalue weighted by Gasteiger charge is 2.20. The lowest BCUT2D eigenvalue weighted by Gasteiger charge is -2.23. The monoisotopic (exact) mass is 272 g/mol. The zero-order valence-electron chi connectivity index (χ0n) is 12.3. The molecule has 1 N–H and O–H groups in total. The summed E-state index contributed by atoms with van der Waals surface area (Å²) in [5.74, 6) is 0.313. The van der Waals surface area contributed by atoms with Gasteiger partial charge < -0.3 is 10.2 Å². The van der Waals surface area contributed by atoms with Gasteiger partial charge in [0.05, 0.1) is 0 Å². The molecular weight excluding hydrogens is 244 g/mol. The zero-order chi connectivity index (χ0) is 13.6. The van der Waals surface area contributed by atoms with E-state index in [1.54, 1.807) is 0 Å². The summed E-state index contributed by atoms with van der Waals surface area (Å²) in [5, 5.41) is 4.12. The summed E-state index contributed by atoms with van der Waals surface area (Å²) in [6, 6.07) is 0. The summed E-state index contributed by atoms with van der Waals surface area (Å²) in [6.45, 7) is 9.07. The van der Waals surface area contributed by atoms with Gasteiger partial charge in [0.1, 0.15) is 0 Å². The molecule has 1 fully saturated rings. The Morgan fingerprint density at radius 2 is 2.06 bits per heavy atom. The Kier molecular flexibility index (Phi) is 6.50. The summed E-state index contributed by atoms with van der Waals surface area (Å²) in [4.78, 5) is 14.2. The molecule has 1 atom stereocenters. The molecule has 4 heteroatoms. The lowest BCUT2D eigenvalue weighted by atomic mass is 10.1. The van der Waals surface area contributed by atoms with E-state index in [1.807, 2.05) is 11.8 Å². The average molecular weight is 272 g/mol. The summed E-state index contributed by atoms with van der Waals surface area (Å²) in [5.41, 5.74) is 0.100. The van der Waals surface area contributed by atoms with Gasteiger partial charge in [0.25, 0.3) is 0 Å². The van der Waals surface area contributed by atoms with Crippen LogP contribution in [0.5, 0.6) is 0 Å². The molecule has 106 valence electrons. The second kappa shape index (κ2) is 7.39. The Hall–Kier alpha value is -0.220. The molecule has 0 aromatic carbocycles. The summed E-state index contributed by atoms with van der Waals surface area (Å²) < 4.78 is 0. The topological polar surface area (TPSA) is 32.3 Å². The van der Waals surface area contributed by atoms with Crippen molar-refractivity contribution in [3.8, 4) is 0 Å². The molecule has 1 amide bonds. The number of carbonyl (C=O) groups excluding carboxylic acids is 1. The molecule has 0 bridgehead atoms. The van der Waals surface area contributed by atoms with Crippen LogP contribution in [0.1, 0.15) is 46.5 Å². The molecular formula is C14H28N2OS. The SMILES string of the molecule is CSC1CCCN(C(=O)CCNC(C)(C)C)CC1. The van der Waals surface area contributed by atoms with Crippen molar-refractivity contribution < 1.29 is 4.79 Å². The fourth-order valence-corrected chi connectivity index (χ4v) is 3.00. The molecule has 0 saturated carbocycles. The Bertz CT molecular complexity index is 263. The maximum atomic E-state index is 12.1. The molecule has 3 nitrogen and oxygen atoms in total. The van der Waals surface area contributed by atoms with Gasteiger partial charge in [-0.05, 0) is 46.3 Å². The number of nitrogens with one attached hydrogen (secondary N) is 1. The second-order valence-corrected chi connectivity index (χ2v) is 7.23. The van der Waals surface area contributed by atoms with Crippen LogP contribution in [0.3, 0.4) is 0 Å². The zero-order valence-corrected chi connectivity index (χ0v) is 13.1. The van der Waals surface area contributed by atoms with Crippen molar-refractivity contribution in [1.82, 2.24) is 10.2 Å². The first-order chi connectivity index (χ1) is 8.42. The smallest absolute Gasteiger partial charge is 0.223 e. The van der Waals surface area contributed by atoms with E-state index < -0.39 is 0 Å². The van der Waals surface area contributed by atoms with Gasteiger partial charge in [-0.3, -0.25) is 4.79 Å². The normalized spacial score (nSPS) is 21.8. The molecule has 1 rings (SSSR count). The number of rotatable bonds is 4. The number of amides is 1. The summed E-state index contributed by atoms with van der Waals surface area (Å²) in [6.07, 6.45) is 6.37. The van der Waals surface area contributed by atoms with Gasteiger partial charge in [-0.2, -0.15) is 11.8 Å². The standard InChI is InChI=1S/C14H28N2OS/c1-14(2,3)15-9-7-13(17)16-10-5-6-12(18-4)8-11-16/h12,15H,5-11H2,1-4H3. The minimum absolute atomic E-state index is 0.100. The Balaban J connectivity index is 2.29. The van der Waals surface area contributed by atoms with Crippen LogP contribution in [0.25, 0.3) is 0 Å². The molecule has 0 aromatic rings. The molecule has 1 aliphatic heterocycles. The number of hydrogen-bond donors (Lipinski definition) is 1. The highest BCUT2D eigenvalue weighted by atomic mass is 32.2. The molecule has 0 aromatic heterocycles. The predicted molar refractivity (Wildman–Crippen MR) is 80.1 cm³/mol. The van der Waals surface area contributed by atoms with E-state index in [0.29, 0.717) is 12.3 Å². The van der Waals surface area contributed by atoms with Gasteiger partial charge >= 0.3 is 0 Å². The van der Waals surface area contributed by atoms with E-state index in [4.69, 9.17) is 0 Å². The number of thioether (sulfide) groups is 1. The predicted octanol–water partition coefficient (Wildman–Crippen LogP) is 2.51. The van der Waals surface area contributed by atoms with E-state index in [-0.39, 0.29) is 5.54 Å². The lowest BCUT2D eigenvalue weighted by molar-refractivity contribution is -0.131. The third-order valence-corrected chi connectivity index (χ3v) is 4.49. The second-order valence-electron chi connectivity index (χ2n) is 6.10. The maximum absolute atomic E-state index is 12.1. The van der Waals surface area contributed by atoms with Crippen LogP contribution in [0.15, 0.2) is 0 Å². The third-order valence-electron chi connectivity index (χ3n) is 3.36. The molecule has 0 aliphatic carbocycles. The first-order valence-corrected chi connectivity index (χ1v) is 8.27. The molecule has 0 radical (unpaired) electrons. The van der Waals surface area contributed by atoms with Gasteiger partial charge in [0, 0.05) is 36.8 Å². The van der Waals surface area contributed by atoms with Crippen LogP contribution in [0, 0.1) is 0 Å². The molecule has 1 heterocycles. The number of carbonyl (C=O) groups is 1. The van der Waals surface area contributed by atoms with Crippen LogP contribution >= 0.6 is 11.8 Å². The number of likely N-dealkylation sites (tertiary alicyclic amines) is 1. The third kappa shape index (κ3) is 6.10.